The minimum atomic E-state index is -0.700. The van der Waals surface area contributed by atoms with Gasteiger partial charge < -0.3 is 15.0 Å². The fourth-order valence-corrected chi connectivity index (χ4v) is 0.733. The molecular formula is C8H16NO2-. The third kappa shape index (κ3) is 2.61. The Balaban J connectivity index is 4.10. The van der Waals surface area contributed by atoms with Crippen LogP contribution in [0.2, 0.25) is 0 Å². The van der Waals surface area contributed by atoms with Crippen LogP contribution in [-0.2, 0) is 4.74 Å². The van der Waals surface area contributed by atoms with Crippen molar-refractivity contribution in [3.63, 3.8) is 0 Å². The third-order valence-electron chi connectivity index (χ3n) is 1.92. The minimum Gasteiger partial charge on any atom is -0.783 e. The molecule has 0 fully saturated rings. The van der Waals surface area contributed by atoms with Crippen molar-refractivity contribution in [3.05, 3.63) is 17.9 Å². The molecule has 1 unspecified atom stereocenters. The zero-order valence-corrected chi connectivity index (χ0v) is 7.46. The number of hydrogen-bond acceptors (Lipinski definition) is 3. The number of hydroxylamine groups is 2. The molecule has 3 nitrogen and oxygen atoms in total. The number of ether oxygens (including phenoxy) is 1. The van der Waals surface area contributed by atoms with Crippen LogP contribution in [0.4, 0.5) is 0 Å². The summed E-state index contributed by atoms with van der Waals surface area (Å²) in [6.45, 7) is 7.47. The Hall–Kier alpha value is -0.380. The highest BCUT2D eigenvalue weighted by atomic mass is 16.6. The van der Waals surface area contributed by atoms with Crippen molar-refractivity contribution in [3.8, 4) is 0 Å². The van der Waals surface area contributed by atoms with E-state index >= 15 is 0 Å². The summed E-state index contributed by atoms with van der Waals surface area (Å²) in [6.07, 6.45) is 2.24. The van der Waals surface area contributed by atoms with Crippen LogP contribution in [0.1, 0.15) is 20.3 Å². The van der Waals surface area contributed by atoms with Gasteiger partial charge in [-0.3, -0.25) is 0 Å². The zero-order valence-electron chi connectivity index (χ0n) is 7.46. The van der Waals surface area contributed by atoms with Gasteiger partial charge in [0.05, 0.1) is 0 Å². The van der Waals surface area contributed by atoms with Gasteiger partial charge in [0, 0.05) is 13.7 Å². The van der Waals surface area contributed by atoms with Crippen molar-refractivity contribution in [2.75, 3.05) is 13.7 Å². The SMILES string of the molecule is C=CCN([O-])C(C)(CC)OC. The number of methoxy groups -OCH3 is 1. The lowest BCUT2D eigenvalue weighted by molar-refractivity contribution is -0.0976. The fourth-order valence-electron chi connectivity index (χ4n) is 0.733. The molecule has 0 aromatic rings. The van der Waals surface area contributed by atoms with E-state index in [0.717, 1.165) is 5.06 Å². The maximum atomic E-state index is 11.2. The minimum absolute atomic E-state index is 0.304. The Morgan fingerprint density at radius 2 is 2.27 bits per heavy atom. The molecule has 0 saturated carbocycles. The van der Waals surface area contributed by atoms with Crippen LogP contribution in [-0.4, -0.2) is 24.4 Å². The summed E-state index contributed by atoms with van der Waals surface area (Å²) >= 11 is 0. The van der Waals surface area contributed by atoms with Gasteiger partial charge in [-0.15, -0.1) is 6.58 Å². The molecule has 0 N–H and O–H groups in total. The molecule has 1 atom stereocenters. The smallest absolute Gasteiger partial charge is 0.107 e. The third-order valence-corrected chi connectivity index (χ3v) is 1.92. The molecule has 0 spiro atoms. The van der Waals surface area contributed by atoms with Crippen molar-refractivity contribution in [1.29, 1.82) is 0 Å². The van der Waals surface area contributed by atoms with E-state index in [1.54, 1.807) is 13.0 Å². The Morgan fingerprint density at radius 3 is 2.55 bits per heavy atom. The summed E-state index contributed by atoms with van der Waals surface area (Å²) < 4.78 is 5.07. The molecule has 0 aromatic heterocycles. The van der Waals surface area contributed by atoms with Crippen LogP contribution in [0.15, 0.2) is 12.7 Å². The van der Waals surface area contributed by atoms with Gasteiger partial charge in [-0.25, -0.2) is 0 Å². The molecular weight excluding hydrogens is 142 g/mol. The van der Waals surface area contributed by atoms with Crippen molar-refractivity contribution < 1.29 is 4.74 Å². The van der Waals surface area contributed by atoms with Gasteiger partial charge in [-0.2, -0.15) is 0 Å². The molecule has 66 valence electrons. The van der Waals surface area contributed by atoms with Gasteiger partial charge in [-0.1, -0.05) is 13.0 Å². The van der Waals surface area contributed by atoms with E-state index in [0.29, 0.717) is 13.0 Å². The molecule has 0 rings (SSSR count). The average molecular weight is 158 g/mol. The standard InChI is InChI=1S/C8H16NO2/c1-5-7-9(10)8(3,6-2)11-4/h5H,1,6-7H2,2-4H3/q-1. The lowest BCUT2D eigenvalue weighted by atomic mass is 10.2. The average Bonchev–Trinajstić information content (AvgIpc) is 2.03. The molecule has 0 aliphatic heterocycles. The van der Waals surface area contributed by atoms with E-state index in [1.807, 2.05) is 6.92 Å². The van der Waals surface area contributed by atoms with Crippen LogP contribution in [0.25, 0.3) is 0 Å². The number of hydrogen-bond donors (Lipinski definition) is 0. The summed E-state index contributed by atoms with van der Waals surface area (Å²) in [5, 5.41) is 12.1. The normalized spacial score (nSPS) is 16.5. The highest BCUT2D eigenvalue weighted by molar-refractivity contribution is 4.82. The molecule has 0 aromatic carbocycles. The van der Waals surface area contributed by atoms with E-state index in [1.165, 1.54) is 7.11 Å². The monoisotopic (exact) mass is 158 g/mol. The predicted octanol–water partition coefficient (Wildman–Crippen LogP) is 1.74. The molecule has 0 amide bonds. The quantitative estimate of drug-likeness (QED) is 0.347. The molecule has 11 heavy (non-hydrogen) atoms. The van der Waals surface area contributed by atoms with Crippen LogP contribution in [0.3, 0.4) is 0 Å². The first-order valence-corrected chi connectivity index (χ1v) is 3.71. The van der Waals surface area contributed by atoms with E-state index in [2.05, 4.69) is 6.58 Å². The lowest BCUT2D eigenvalue weighted by Crippen LogP contribution is -2.43. The van der Waals surface area contributed by atoms with Gasteiger partial charge in [0.1, 0.15) is 5.72 Å². The van der Waals surface area contributed by atoms with E-state index in [4.69, 9.17) is 4.74 Å². The molecule has 0 radical (unpaired) electrons. The van der Waals surface area contributed by atoms with Crippen molar-refractivity contribution in [2.45, 2.75) is 26.0 Å². The van der Waals surface area contributed by atoms with Crippen LogP contribution < -0.4 is 0 Å². The summed E-state index contributed by atoms with van der Waals surface area (Å²) in [4.78, 5) is 0. The second-order valence-electron chi connectivity index (χ2n) is 2.58. The van der Waals surface area contributed by atoms with Crippen LogP contribution in [0, 0.1) is 5.21 Å². The van der Waals surface area contributed by atoms with Crippen molar-refractivity contribution >= 4 is 0 Å². The molecule has 3 heteroatoms. The number of nitrogens with zero attached hydrogens (tertiary/aromatic N) is 1. The van der Waals surface area contributed by atoms with Crippen molar-refractivity contribution in [1.82, 2.24) is 5.06 Å². The summed E-state index contributed by atoms with van der Waals surface area (Å²) in [5.74, 6) is 0. The van der Waals surface area contributed by atoms with E-state index in [-0.39, 0.29) is 0 Å². The number of rotatable bonds is 5. The summed E-state index contributed by atoms with van der Waals surface area (Å²) in [6, 6.07) is 0. The Morgan fingerprint density at radius 1 is 1.73 bits per heavy atom. The van der Waals surface area contributed by atoms with Gasteiger partial charge >= 0.3 is 0 Å². The lowest BCUT2D eigenvalue weighted by Gasteiger charge is -2.44. The van der Waals surface area contributed by atoms with Crippen LogP contribution >= 0.6 is 0 Å². The summed E-state index contributed by atoms with van der Waals surface area (Å²) in [5.41, 5.74) is -0.700. The highest BCUT2D eigenvalue weighted by Crippen LogP contribution is 2.18. The summed E-state index contributed by atoms with van der Waals surface area (Å²) in [7, 11) is 1.54. The Labute approximate surface area is 68.2 Å². The van der Waals surface area contributed by atoms with E-state index in [9.17, 15) is 5.21 Å². The van der Waals surface area contributed by atoms with Crippen molar-refractivity contribution in [2.24, 2.45) is 0 Å². The fraction of sp³-hybridized carbons (Fsp3) is 0.750. The molecule has 0 aliphatic carbocycles. The maximum Gasteiger partial charge on any atom is 0.107 e. The first-order chi connectivity index (χ1) is 5.10. The first kappa shape index (κ1) is 10.6. The Kier molecular flexibility index (Phi) is 4.33. The Bertz CT molecular complexity index is 121. The predicted molar refractivity (Wildman–Crippen MR) is 46.0 cm³/mol. The first-order valence-electron chi connectivity index (χ1n) is 3.71. The molecule has 0 aliphatic rings. The maximum absolute atomic E-state index is 11.2. The molecule has 0 saturated heterocycles. The molecule has 0 heterocycles. The van der Waals surface area contributed by atoms with Gasteiger partial charge in [0.15, 0.2) is 0 Å². The second kappa shape index (κ2) is 4.49. The van der Waals surface area contributed by atoms with Gasteiger partial charge in [0.25, 0.3) is 0 Å². The molecule has 0 bridgehead atoms. The van der Waals surface area contributed by atoms with E-state index < -0.39 is 5.72 Å². The highest BCUT2D eigenvalue weighted by Gasteiger charge is 2.21. The van der Waals surface area contributed by atoms with Gasteiger partial charge in [0.2, 0.25) is 0 Å². The van der Waals surface area contributed by atoms with Gasteiger partial charge in [-0.05, 0) is 13.3 Å². The second-order valence-corrected chi connectivity index (χ2v) is 2.58. The topological polar surface area (TPSA) is 35.5 Å². The van der Waals surface area contributed by atoms with Crippen LogP contribution in [0.5, 0.6) is 0 Å². The largest absolute Gasteiger partial charge is 0.783 e. The zero-order chi connectivity index (χ0) is 8.91.